The molecule has 26 nitrogen and oxygen atoms in total. The Labute approximate surface area is 524 Å². The van der Waals surface area contributed by atoms with E-state index >= 15 is 0 Å². The maximum atomic E-state index is 12.4. The van der Waals surface area contributed by atoms with Crippen molar-refractivity contribution in [2.75, 3.05) is 119 Å². The molecule has 0 spiro atoms. The lowest BCUT2D eigenvalue weighted by Gasteiger charge is -2.14. The van der Waals surface area contributed by atoms with E-state index in [9.17, 15) is 48.3 Å². The van der Waals surface area contributed by atoms with E-state index in [0.717, 1.165) is 38.5 Å². The van der Waals surface area contributed by atoms with Crippen molar-refractivity contribution in [1.82, 2.24) is 31.9 Å². The van der Waals surface area contributed by atoms with E-state index in [0.29, 0.717) is 170 Å². The van der Waals surface area contributed by atoms with E-state index in [-0.39, 0.29) is 93.4 Å². The zero-order valence-corrected chi connectivity index (χ0v) is 53.9. The van der Waals surface area contributed by atoms with E-state index < -0.39 is 29.9 Å². The number of nitrogens with two attached hydrogens (primary N) is 1. The lowest BCUT2D eigenvalue weighted by molar-refractivity contribution is -0.142. The standard InChI is InChI=1S/C58H106N6O18.C2H5NO.C2H6/c1-48(57(73)74)22-16-17-31-59-51(66)27-28-52(67)61-33-19-37-78-42-46-82-47-43-80-39-21-35-63-54(69)30-29-53(68)62-34-20-38-79-41-45-81-44-40-77-36-18-32-60-50(65)26-25-49(58(75)76)64-55(70)23-14-12-10-8-6-4-2-3-5-7-9-11-13-15-24-56(71)72;3-1-2-4;1-2/h48-49H,2-47H2,1H3,(H,59,66)(H,60,65)(H,61,67)(H,62,68)(H,63,69)(H,64,70)(H,71,72)(H,73,74)(H,75,76);2H,1,3H2;1-2H3. The van der Waals surface area contributed by atoms with Gasteiger partial charge < -0.3 is 86.2 Å². The highest BCUT2D eigenvalue weighted by molar-refractivity contribution is 5.85. The average Bonchev–Trinajstić information content (AvgIpc) is 3.72. The highest BCUT2D eigenvalue weighted by Crippen LogP contribution is 2.14. The fraction of sp³-hybridized carbons (Fsp3) is 0.839. The molecular formula is C62H117N7O19. The van der Waals surface area contributed by atoms with Gasteiger partial charge in [0.15, 0.2) is 0 Å². The van der Waals surface area contributed by atoms with Gasteiger partial charge >= 0.3 is 17.9 Å². The molecular weight excluding hydrogens is 1150 g/mol. The van der Waals surface area contributed by atoms with Crippen LogP contribution in [0.25, 0.3) is 0 Å². The molecule has 0 aliphatic heterocycles. The Kier molecular flexibility index (Phi) is 68.2. The van der Waals surface area contributed by atoms with Gasteiger partial charge in [-0.3, -0.25) is 38.4 Å². The number of unbranched alkanes of at least 4 members (excludes halogenated alkanes) is 14. The van der Waals surface area contributed by atoms with Gasteiger partial charge in [-0.25, -0.2) is 4.79 Å². The van der Waals surface area contributed by atoms with Gasteiger partial charge in [-0.2, -0.15) is 0 Å². The summed E-state index contributed by atoms with van der Waals surface area (Å²) in [6.07, 6.45) is 21.0. The summed E-state index contributed by atoms with van der Waals surface area (Å²) in [6.45, 7) is 12.8. The van der Waals surface area contributed by atoms with Crippen LogP contribution < -0.4 is 37.6 Å². The largest absolute Gasteiger partial charge is 0.481 e. The van der Waals surface area contributed by atoms with Crippen LogP contribution in [-0.4, -0.2) is 200 Å². The molecule has 0 aliphatic carbocycles. The Morgan fingerprint density at radius 1 is 0.352 bits per heavy atom. The predicted octanol–water partition coefficient (Wildman–Crippen LogP) is 5.52. The minimum Gasteiger partial charge on any atom is -0.481 e. The molecule has 0 rings (SSSR count). The molecule has 11 N–H and O–H groups in total. The SMILES string of the molecule is CC.CC(CCCCNC(=O)CCC(=O)NCCCOCCOCCOCCCNC(=O)CCC(=O)NCCCOCCOCCOCCCNC(=O)CCC(NC(=O)CCCCCCCCCCCCCCCCC(=O)O)C(=O)O)C(=O)O.NCC=O. The first-order valence-corrected chi connectivity index (χ1v) is 32.5. The summed E-state index contributed by atoms with van der Waals surface area (Å²) in [6, 6.07) is -1.12. The van der Waals surface area contributed by atoms with Crippen LogP contribution in [0.5, 0.6) is 0 Å². The molecule has 0 saturated heterocycles. The number of ether oxygens (including phenoxy) is 6. The molecule has 514 valence electrons. The maximum Gasteiger partial charge on any atom is 0.326 e. The molecule has 0 saturated carbocycles. The van der Waals surface area contributed by atoms with E-state index in [2.05, 4.69) is 37.6 Å². The number of carboxylic acid groups (broad SMARTS) is 3. The van der Waals surface area contributed by atoms with Gasteiger partial charge in [-0.05, 0) is 57.8 Å². The minimum absolute atomic E-state index is 0.00347. The second kappa shape index (κ2) is 69.1. The summed E-state index contributed by atoms with van der Waals surface area (Å²) >= 11 is 0. The number of nitrogens with one attached hydrogen (secondary N) is 6. The Balaban J connectivity index is -0.0000115. The van der Waals surface area contributed by atoms with Crippen molar-refractivity contribution in [2.45, 2.75) is 213 Å². The Morgan fingerprint density at radius 3 is 0.932 bits per heavy atom. The van der Waals surface area contributed by atoms with Crippen LogP contribution in [0.1, 0.15) is 207 Å². The van der Waals surface area contributed by atoms with E-state index in [1.807, 2.05) is 13.8 Å². The van der Waals surface area contributed by atoms with Crippen LogP contribution >= 0.6 is 0 Å². The number of rotatable bonds is 63. The van der Waals surface area contributed by atoms with E-state index in [1.54, 1.807) is 6.92 Å². The smallest absolute Gasteiger partial charge is 0.326 e. The van der Waals surface area contributed by atoms with Gasteiger partial charge in [0.25, 0.3) is 0 Å². The number of aldehydes is 1. The topological polar surface area (TPSA) is 385 Å². The third-order valence-electron chi connectivity index (χ3n) is 13.0. The van der Waals surface area contributed by atoms with Crippen molar-refractivity contribution in [1.29, 1.82) is 0 Å². The van der Waals surface area contributed by atoms with Crippen molar-refractivity contribution < 1.29 is 91.7 Å². The normalized spacial score (nSPS) is 11.4. The highest BCUT2D eigenvalue weighted by atomic mass is 16.5. The predicted molar refractivity (Wildman–Crippen MR) is 334 cm³/mol. The van der Waals surface area contributed by atoms with Gasteiger partial charge in [0.1, 0.15) is 12.3 Å². The first-order valence-electron chi connectivity index (χ1n) is 32.5. The molecule has 0 aromatic carbocycles. The number of hydrogen-bond acceptors (Lipinski definition) is 17. The third kappa shape index (κ3) is 69.7. The summed E-state index contributed by atoms with van der Waals surface area (Å²) in [7, 11) is 0. The van der Waals surface area contributed by atoms with Crippen molar-refractivity contribution in [3.63, 3.8) is 0 Å². The molecule has 0 aromatic rings. The summed E-state index contributed by atoms with van der Waals surface area (Å²) < 4.78 is 33.1. The summed E-state index contributed by atoms with van der Waals surface area (Å²) in [5.74, 6) is -4.55. The lowest BCUT2D eigenvalue weighted by Crippen LogP contribution is -2.41. The second-order valence-electron chi connectivity index (χ2n) is 20.8. The molecule has 0 fully saturated rings. The van der Waals surface area contributed by atoms with E-state index in [4.69, 9.17) is 43.4 Å². The molecule has 2 unspecified atom stereocenters. The molecule has 6 amide bonds. The van der Waals surface area contributed by atoms with Gasteiger partial charge in [0.05, 0.1) is 58.8 Å². The number of hydrogen-bond donors (Lipinski definition) is 10. The number of carboxylic acids is 3. The average molecular weight is 1260 g/mol. The zero-order valence-electron chi connectivity index (χ0n) is 53.9. The number of amides is 6. The van der Waals surface area contributed by atoms with Gasteiger partial charge in [-0.15, -0.1) is 0 Å². The van der Waals surface area contributed by atoms with Gasteiger partial charge in [0, 0.05) is 111 Å². The summed E-state index contributed by atoms with van der Waals surface area (Å²) in [5.41, 5.74) is 4.66. The van der Waals surface area contributed by atoms with Gasteiger partial charge in [-0.1, -0.05) is 104 Å². The van der Waals surface area contributed by atoms with E-state index in [1.165, 1.54) is 44.9 Å². The fourth-order valence-corrected chi connectivity index (χ4v) is 8.00. The first-order chi connectivity index (χ1) is 42.6. The Bertz CT molecular complexity index is 1750. The van der Waals surface area contributed by atoms with Crippen LogP contribution in [0.3, 0.4) is 0 Å². The summed E-state index contributed by atoms with van der Waals surface area (Å²) in [5, 5.41) is 43.5. The van der Waals surface area contributed by atoms with Crippen LogP contribution in [0.15, 0.2) is 0 Å². The minimum atomic E-state index is -1.16. The molecule has 2 atom stereocenters. The van der Waals surface area contributed by atoms with Crippen LogP contribution in [0, 0.1) is 5.92 Å². The van der Waals surface area contributed by atoms with Crippen molar-refractivity contribution in [3.8, 4) is 0 Å². The number of aliphatic carboxylic acids is 3. The van der Waals surface area contributed by atoms with Crippen molar-refractivity contribution >= 4 is 59.6 Å². The molecule has 0 aromatic heterocycles. The molecule has 88 heavy (non-hydrogen) atoms. The molecule has 0 heterocycles. The highest BCUT2D eigenvalue weighted by Gasteiger charge is 2.21. The monoisotopic (exact) mass is 1260 g/mol. The quantitative estimate of drug-likeness (QED) is 0.0264. The zero-order chi connectivity index (χ0) is 65.8. The lowest BCUT2D eigenvalue weighted by atomic mass is 10.0. The van der Waals surface area contributed by atoms with Crippen molar-refractivity contribution in [2.24, 2.45) is 11.7 Å². The summed E-state index contributed by atoms with van der Waals surface area (Å²) in [4.78, 5) is 115. The van der Waals surface area contributed by atoms with Crippen LogP contribution in [-0.2, 0) is 76.4 Å². The van der Waals surface area contributed by atoms with Crippen molar-refractivity contribution in [3.05, 3.63) is 0 Å². The van der Waals surface area contributed by atoms with Crippen LogP contribution in [0.4, 0.5) is 0 Å². The molecule has 0 bridgehead atoms. The Hall–Kier alpha value is -5.38. The number of carbonyl (C=O) groups is 10. The molecule has 26 heteroatoms. The molecule has 0 radical (unpaired) electrons. The van der Waals surface area contributed by atoms with Gasteiger partial charge in [0.2, 0.25) is 35.4 Å². The first kappa shape index (κ1) is 86.8. The third-order valence-corrected chi connectivity index (χ3v) is 13.0. The molecule has 0 aliphatic rings. The Morgan fingerprint density at radius 2 is 0.636 bits per heavy atom. The van der Waals surface area contributed by atoms with Crippen LogP contribution in [0.2, 0.25) is 0 Å². The second-order valence-corrected chi connectivity index (χ2v) is 20.8. The maximum absolute atomic E-state index is 12.4. The fourth-order valence-electron chi connectivity index (χ4n) is 8.00. The number of carbonyl (C=O) groups excluding carboxylic acids is 7.